The Labute approximate surface area is 123 Å². The van der Waals surface area contributed by atoms with Crippen LogP contribution in [0.25, 0.3) is 0 Å². The Morgan fingerprint density at radius 2 is 2.29 bits per heavy atom. The standard InChI is InChI=1S/C16H19N3O2/c1-19-11-12(10-17-19)7-8-21-14-6-5-13-3-2-4-16(18-20)15(13)9-14/h5-6,9-11,20H,2-4,7-8H2,1H3/b18-16-. The van der Waals surface area contributed by atoms with Crippen molar-refractivity contribution < 1.29 is 9.94 Å². The van der Waals surface area contributed by atoms with Crippen LogP contribution in [0.4, 0.5) is 0 Å². The number of fused-ring (bicyclic) bond motifs is 1. The fraction of sp³-hybridized carbons (Fsp3) is 0.375. The van der Waals surface area contributed by atoms with Crippen molar-refractivity contribution >= 4 is 5.71 Å². The van der Waals surface area contributed by atoms with E-state index in [1.807, 2.05) is 31.6 Å². The maximum absolute atomic E-state index is 9.09. The van der Waals surface area contributed by atoms with Crippen LogP contribution in [-0.2, 0) is 19.9 Å². The quantitative estimate of drug-likeness (QED) is 0.693. The predicted octanol–water partition coefficient (Wildman–Crippen LogP) is 2.56. The van der Waals surface area contributed by atoms with Gasteiger partial charge in [-0.15, -0.1) is 0 Å². The van der Waals surface area contributed by atoms with E-state index in [1.54, 1.807) is 4.68 Å². The van der Waals surface area contributed by atoms with E-state index in [4.69, 9.17) is 9.94 Å². The Balaban J connectivity index is 1.66. The molecule has 0 aliphatic heterocycles. The third-order valence-corrected chi connectivity index (χ3v) is 3.79. The highest BCUT2D eigenvalue weighted by Gasteiger charge is 2.16. The lowest BCUT2D eigenvalue weighted by atomic mass is 9.90. The first-order chi connectivity index (χ1) is 10.3. The van der Waals surface area contributed by atoms with Crippen LogP contribution < -0.4 is 4.74 Å². The molecule has 1 aromatic carbocycles. The summed E-state index contributed by atoms with van der Waals surface area (Å²) in [5.41, 5.74) is 4.17. The highest BCUT2D eigenvalue weighted by molar-refractivity contribution is 6.02. The van der Waals surface area contributed by atoms with Crippen LogP contribution in [0, 0.1) is 0 Å². The van der Waals surface area contributed by atoms with Gasteiger partial charge in [-0.2, -0.15) is 5.10 Å². The average molecular weight is 285 g/mol. The minimum Gasteiger partial charge on any atom is -0.493 e. The van der Waals surface area contributed by atoms with Crippen LogP contribution >= 0.6 is 0 Å². The summed E-state index contributed by atoms with van der Waals surface area (Å²) in [4.78, 5) is 0. The first kappa shape index (κ1) is 13.7. The van der Waals surface area contributed by atoms with Gasteiger partial charge in [0.25, 0.3) is 0 Å². The molecular weight excluding hydrogens is 266 g/mol. The van der Waals surface area contributed by atoms with Gasteiger partial charge in [0, 0.05) is 25.2 Å². The number of nitrogens with zero attached hydrogens (tertiary/aromatic N) is 3. The summed E-state index contributed by atoms with van der Waals surface area (Å²) in [6.07, 6.45) is 7.56. The summed E-state index contributed by atoms with van der Waals surface area (Å²) >= 11 is 0. The van der Waals surface area contributed by atoms with E-state index in [9.17, 15) is 0 Å². The normalized spacial score (nSPS) is 16.0. The number of aromatic nitrogens is 2. The maximum Gasteiger partial charge on any atom is 0.119 e. The van der Waals surface area contributed by atoms with Crippen molar-refractivity contribution in [2.24, 2.45) is 12.2 Å². The van der Waals surface area contributed by atoms with Crippen molar-refractivity contribution in [1.82, 2.24) is 9.78 Å². The number of hydrogen-bond acceptors (Lipinski definition) is 4. The van der Waals surface area contributed by atoms with Crippen LogP contribution in [0.2, 0.25) is 0 Å². The smallest absolute Gasteiger partial charge is 0.119 e. The van der Waals surface area contributed by atoms with Crippen molar-refractivity contribution in [3.63, 3.8) is 0 Å². The lowest BCUT2D eigenvalue weighted by Crippen LogP contribution is -2.12. The molecule has 5 nitrogen and oxygen atoms in total. The van der Waals surface area contributed by atoms with Gasteiger partial charge in [0.05, 0.1) is 18.5 Å². The number of benzene rings is 1. The minimum atomic E-state index is 0.607. The molecule has 1 aliphatic carbocycles. The second kappa shape index (κ2) is 5.99. The molecule has 0 atom stereocenters. The molecule has 0 saturated heterocycles. The largest absolute Gasteiger partial charge is 0.493 e. The van der Waals surface area contributed by atoms with Gasteiger partial charge in [-0.1, -0.05) is 11.2 Å². The molecule has 1 aromatic heterocycles. The summed E-state index contributed by atoms with van der Waals surface area (Å²) < 4.78 is 7.59. The van der Waals surface area contributed by atoms with Gasteiger partial charge in [-0.3, -0.25) is 4.68 Å². The second-order valence-electron chi connectivity index (χ2n) is 5.34. The Morgan fingerprint density at radius 1 is 1.38 bits per heavy atom. The summed E-state index contributed by atoms with van der Waals surface area (Å²) in [5.74, 6) is 0.820. The monoisotopic (exact) mass is 285 g/mol. The second-order valence-corrected chi connectivity index (χ2v) is 5.34. The molecule has 110 valence electrons. The van der Waals surface area contributed by atoms with Crippen molar-refractivity contribution in [2.75, 3.05) is 6.61 Å². The minimum absolute atomic E-state index is 0.607. The molecule has 0 fully saturated rings. The number of rotatable bonds is 4. The first-order valence-electron chi connectivity index (χ1n) is 7.21. The molecule has 3 rings (SSSR count). The van der Waals surface area contributed by atoms with E-state index >= 15 is 0 Å². The molecule has 0 radical (unpaired) electrons. The molecule has 1 N–H and O–H groups in total. The summed E-state index contributed by atoms with van der Waals surface area (Å²) in [6.45, 7) is 0.607. The zero-order valence-corrected chi connectivity index (χ0v) is 12.1. The Kier molecular flexibility index (Phi) is 3.90. The summed E-state index contributed by atoms with van der Waals surface area (Å²) in [5, 5.41) is 16.6. The molecule has 0 bridgehead atoms. The van der Waals surface area contributed by atoms with E-state index in [-0.39, 0.29) is 0 Å². The maximum atomic E-state index is 9.09. The Bertz CT molecular complexity index is 661. The van der Waals surface area contributed by atoms with E-state index < -0.39 is 0 Å². The Morgan fingerprint density at radius 3 is 3.05 bits per heavy atom. The lowest BCUT2D eigenvalue weighted by molar-refractivity contribution is 0.316. The van der Waals surface area contributed by atoms with E-state index in [0.29, 0.717) is 6.61 Å². The average Bonchev–Trinajstić information content (AvgIpc) is 2.92. The number of aryl methyl sites for hydroxylation is 2. The van der Waals surface area contributed by atoms with Crippen molar-refractivity contribution in [3.05, 3.63) is 47.3 Å². The zero-order valence-electron chi connectivity index (χ0n) is 12.1. The van der Waals surface area contributed by atoms with Crippen LogP contribution in [0.15, 0.2) is 35.7 Å². The molecule has 5 heteroatoms. The van der Waals surface area contributed by atoms with Gasteiger partial charge in [0.1, 0.15) is 5.75 Å². The van der Waals surface area contributed by atoms with Crippen LogP contribution in [-0.4, -0.2) is 27.3 Å². The lowest BCUT2D eigenvalue weighted by Gasteiger charge is -2.17. The molecule has 0 spiro atoms. The molecular formula is C16H19N3O2. The highest BCUT2D eigenvalue weighted by atomic mass is 16.5. The molecule has 0 saturated carbocycles. The van der Waals surface area contributed by atoms with Crippen molar-refractivity contribution in [3.8, 4) is 5.75 Å². The molecule has 21 heavy (non-hydrogen) atoms. The zero-order chi connectivity index (χ0) is 14.7. The van der Waals surface area contributed by atoms with Crippen molar-refractivity contribution in [2.45, 2.75) is 25.7 Å². The van der Waals surface area contributed by atoms with Gasteiger partial charge in [0.2, 0.25) is 0 Å². The third-order valence-electron chi connectivity index (χ3n) is 3.79. The van der Waals surface area contributed by atoms with Crippen LogP contribution in [0.5, 0.6) is 5.75 Å². The van der Waals surface area contributed by atoms with Crippen LogP contribution in [0.1, 0.15) is 29.5 Å². The fourth-order valence-electron chi connectivity index (χ4n) is 2.70. The summed E-state index contributed by atoms with van der Waals surface area (Å²) in [7, 11) is 1.91. The molecule has 1 aliphatic rings. The number of ether oxygens (including phenoxy) is 1. The van der Waals surface area contributed by atoms with Gasteiger partial charge in [0.15, 0.2) is 0 Å². The molecule has 0 amide bonds. The van der Waals surface area contributed by atoms with Crippen molar-refractivity contribution in [1.29, 1.82) is 0 Å². The van der Waals surface area contributed by atoms with Gasteiger partial charge in [-0.25, -0.2) is 0 Å². The molecule has 0 unspecified atom stereocenters. The molecule has 2 aromatic rings. The first-order valence-corrected chi connectivity index (χ1v) is 7.21. The van der Waals surface area contributed by atoms with Crippen LogP contribution in [0.3, 0.4) is 0 Å². The SMILES string of the molecule is Cn1cc(CCOc2ccc3c(c2)/C(=N\O)CCC3)cn1. The van der Waals surface area contributed by atoms with E-state index in [1.165, 1.54) is 5.56 Å². The summed E-state index contributed by atoms with van der Waals surface area (Å²) in [6, 6.07) is 6.04. The fourth-order valence-corrected chi connectivity index (χ4v) is 2.70. The predicted molar refractivity (Wildman–Crippen MR) is 80.1 cm³/mol. The van der Waals surface area contributed by atoms with Gasteiger partial charge >= 0.3 is 0 Å². The van der Waals surface area contributed by atoms with Gasteiger partial charge in [-0.05, 0) is 42.5 Å². The molecule has 1 heterocycles. The van der Waals surface area contributed by atoms with E-state index in [2.05, 4.69) is 16.3 Å². The van der Waals surface area contributed by atoms with Gasteiger partial charge < -0.3 is 9.94 Å². The van der Waals surface area contributed by atoms with E-state index in [0.717, 1.165) is 48.3 Å². The third kappa shape index (κ3) is 3.07. The number of oxime groups is 1. The number of hydrogen-bond donors (Lipinski definition) is 1. The highest BCUT2D eigenvalue weighted by Crippen LogP contribution is 2.26. The topological polar surface area (TPSA) is 59.6 Å². The Hall–Kier alpha value is -2.30.